The SMILES string of the molecule is CC(C)CC(NC(=O)C1CCCCC1)C(=O)c1nnc(SCCN2CCC2)o1. The quantitative estimate of drug-likeness (QED) is 0.470. The molecule has 2 heterocycles. The van der Waals surface area contributed by atoms with Crippen LogP contribution in [0.15, 0.2) is 9.64 Å². The molecule has 0 spiro atoms. The second-order valence-corrected chi connectivity index (χ2v) is 9.35. The van der Waals surface area contributed by atoms with Gasteiger partial charge in [0.1, 0.15) is 0 Å². The van der Waals surface area contributed by atoms with Gasteiger partial charge in [-0.3, -0.25) is 9.59 Å². The van der Waals surface area contributed by atoms with Crippen LogP contribution in [-0.2, 0) is 4.79 Å². The third-order valence-electron chi connectivity index (χ3n) is 5.52. The summed E-state index contributed by atoms with van der Waals surface area (Å²) in [4.78, 5) is 27.9. The minimum absolute atomic E-state index is 0.000967. The molecule has 7 nitrogen and oxygen atoms in total. The molecule has 1 amide bonds. The summed E-state index contributed by atoms with van der Waals surface area (Å²) < 4.78 is 5.59. The Labute approximate surface area is 171 Å². The largest absolute Gasteiger partial charge is 0.408 e. The molecule has 156 valence electrons. The molecule has 0 aromatic carbocycles. The van der Waals surface area contributed by atoms with Crippen LogP contribution >= 0.6 is 11.8 Å². The Kier molecular flexibility index (Phi) is 7.91. The second-order valence-electron chi connectivity index (χ2n) is 8.31. The Hall–Kier alpha value is -1.41. The van der Waals surface area contributed by atoms with Crippen LogP contribution in [0.2, 0.25) is 0 Å². The zero-order chi connectivity index (χ0) is 19.9. The Morgan fingerprint density at radius 1 is 1.18 bits per heavy atom. The molecule has 1 aliphatic heterocycles. The van der Waals surface area contributed by atoms with Crippen molar-refractivity contribution in [2.24, 2.45) is 11.8 Å². The van der Waals surface area contributed by atoms with Crippen LogP contribution in [0.25, 0.3) is 0 Å². The summed E-state index contributed by atoms with van der Waals surface area (Å²) in [6.45, 7) is 7.39. The van der Waals surface area contributed by atoms with Gasteiger partial charge < -0.3 is 14.6 Å². The molecule has 1 aromatic rings. The lowest BCUT2D eigenvalue weighted by molar-refractivity contribution is -0.126. The number of likely N-dealkylation sites (tertiary alicyclic amines) is 1. The van der Waals surface area contributed by atoms with E-state index in [-0.39, 0.29) is 29.4 Å². The van der Waals surface area contributed by atoms with Crippen LogP contribution in [0.5, 0.6) is 0 Å². The Balaban J connectivity index is 1.56. The van der Waals surface area contributed by atoms with Crippen molar-refractivity contribution >= 4 is 23.5 Å². The lowest BCUT2D eigenvalue weighted by Crippen LogP contribution is -2.45. The zero-order valence-corrected chi connectivity index (χ0v) is 17.8. The first-order valence-electron chi connectivity index (χ1n) is 10.6. The number of ketones is 1. The standard InChI is InChI=1S/C20H32N4O3S/c1-14(2)13-16(21-18(26)15-7-4-3-5-8-15)17(25)19-22-23-20(27-19)28-12-11-24-9-6-10-24/h14-16H,3-13H2,1-2H3,(H,21,26). The summed E-state index contributed by atoms with van der Waals surface area (Å²) in [6.07, 6.45) is 7.02. The molecule has 1 unspecified atom stereocenters. The van der Waals surface area contributed by atoms with Gasteiger partial charge in [-0.15, -0.1) is 10.2 Å². The summed E-state index contributed by atoms with van der Waals surface area (Å²) in [6, 6.07) is -0.603. The van der Waals surface area contributed by atoms with E-state index in [0.717, 1.165) is 51.1 Å². The van der Waals surface area contributed by atoms with Crippen molar-refractivity contribution in [3.8, 4) is 0 Å². The van der Waals surface area contributed by atoms with E-state index in [0.29, 0.717) is 11.6 Å². The predicted molar refractivity (Wildman–Crippen MR) is 108 cm³/mol. The van der Waals surface area contributed by atoms with E-state index in [1.807, 2.05) is 13.8 Å². The number of nitrogens with one attached hydrogen (secondary N) is 1. The number of amides is 1. The number of nitrogens with zero attached hydrogens (tertiary/aromatic N) is 3. The van der Waals surface area contributed by atoms with Crippen LogP contribution in [0, 0.1) is 11.8 Å². The van der Waals surface area contributed by atoms with Gasteiger partial charge in [-0.05, 0) is 44.7 Å². The molecular formula is C20H32N4O3S. The van der Waals surface area contributed by atoms with Crippen LogP contribution < -0.4 is 5.32 Å². The third-order valence-corrected chi connectivity index (χ3v) is 6.31. The topological polar surface area (TPSA) is 88.3 Å². The summed E-state index contributed by atoms with van der Waals surface area (Å²) in [7, 11) is 0. The molecule has 0 radical (unpaired) electrons. The van der Waals surface area contributed by atoms with Crippen molar-refractivity contribution < 1.29 is 14.0 Å². The number of carbonyl (C=O) groups is 2. The maximum atomic E-state index is 12.9. The number of carbonyl (C=O) groups excluding carboxylic acids is 2. The molecule has 2 aliphatic rings. The van der Waals surface area contributed by atoms with Crippen molar-refractivity contribution in [1.82, 2.24) is 20.4 Å². The summed E-state index contributed by atoms with van der Waals surface area (Å²) in [5.41, 5.74) is 0. The number of aromatic nitrogens is 2. The van der Waals surface area contributed by atoms with Gasteiger partial charge in [-0.1, -0.05) is 44.9 Å². The average Bonchev–Trinajstić information content (AvgIpc) is 3.11. The monoisotopic (exact) mass is 408 g/mol. The first-order valence-corrected chi connectivity index (χ1v) is 11.5. The summed E-state index contributed by atoms with van der Waals surface area (Å²) in [5, 5.41) is 11.3. The van der Waals surface area contributed by atoms with E-state index in [2.05, 4.69) is 20.4 Å². The summed E-state index contributed by atoms with van der Waals surface area (Å²) in [5.74, 6) is 0.868. The van der Waals surface area contributed by atoms with Crippen molar-refractivity contribution in [2.45, 2.75) is 70.1 Å². The highest BCUT2D eigenvalue weighted by atomic mass is 32.2. The van der Waals surface area contributed by atoms with Gasteiger partial charge in [0.05, 0.1) is 6.04 Å². The molecule has 0 bridgehead atoms. The molecule has 8 heteroatoms. The predicted octanol–water partition coefficient (Wildman–Crippen LogP) is 3.16. The molecule has 1 aliphatic carbocycles. The van der Waals surface area contributed by atoms with Gasteiger partial charge in [0.25, 0.3) is 11.1 Å². The molecule has 28 heavy (non-hydrogen) atoms. The Morgan fingerprint density at radius 3 is 2.57 bits per heavy atom. The fourth-order valence-electron chi connectivity index (χ4n) is 3.74. The second kappa shape index (κ2) is 10.4. The van der Waals surface area contributed by atoms with Crippen molar-refractivity contribution in [1.29, 1.82) is 0 Å². The number of rotatable bonds is 10. The fourth-order valence-corrected chi connectivity index (χ4v) is 4.50. The third kappa shape index (κ3) is 6.04. The van der Waals surface area contributed by atoms with Crippen molar-refractivity contribution in [2.75, 3.05) is 25.4 Å². The van der Waals surface area contributed by atoms with Gasteiger partial charge in [-0.25, -0.2) is 0 Å². The number of hydrogen-bond acceptors (Lipinski definition) is 7. The van der Waals surface area contributed by atoms with E-state index in [1.54, 1.807) is 0 Å². The number of hydrogen-bond donors (Lipinski definition) is 1. The number of Topliss-reactive ketones (excluding diaryl/α,β-unsaturated/α-hetero) is 1. The van der Waals surface area contributed by atoms with E-state index < -0.39 is 6.04 Å². The van der Waals surface area contributed by atoms with E-state index in [4.69, 9.17) is 4.42 Å². The van der Waals surface area contributed by atoms with Gasteiger partial charge in [-0.2, -0.15) is 0 Å². The zero-order valence-electron chi connectivity index (χ0n) is 17.0. The first kappa shape index (κ1) is 21.3. The molecule has 3 rings (SSSR count). The highest BCUT2D eigenvalue weighted by molar-refractivity contribution is 7.99. The van der Waals surface area contributed by atoms with Crippen molar-refractivity contribution in [3.63, 3.8) is 0 Å². The molecule has 1 N–H and O–H groups in total. The van der Waals surface area contributed by atoms with Gasteiger partial charge in [0.15, 0.2) is 0 Å². The highest BCUT2D eigenvalue weighted by Crippen LogP contribution is 2.24. The smallest absolute Gasteiger partial charge is 0.286 e. The van der Waals surface area contributed by atoms with Crippen LogP contribution in [0.1, 0.15) is 69.5 Å². The molecule has 1 saturated heterocycles. The Bertz CT molecular complexity index is 654. The van der Waals surface area contributed by atoms with Crippen molar-refractivity contribution in [3.05, 3.63) is 5.89 Å². The van der Waals surface area contributed by atoms with Crippen LogP contribution in [-0.4, -0.2) is 58.2 Å². The average molecular weight is 409 g/mol. The van der Waals surface area contributed by atoms with Gasteiger partial charge >= 0.3 is 0 Å². The van der Waals surface area contributed by atoms with E-state index >= 15 is 0 Å². The highest BCUT2D eigenvalue weighted by Gasteiger charge is 2.30. The molecule has 2 fully saturated rings. The maximum absolute atomic E-state index is 12.9. The fraction of sp³-hybridized carbons (Fsp3) is 0.800. The molecule has 1 saturated carbocycles. The maximum Gasteiger partial charge on any atom is 0.286 e. The van der Waals surface area contributed by atoms with Crippen LogP contribution in [0.4, 0.5) is 0 Å². The Morgan fingerprint density at radius 2 is 1.93 bits per heavy atom. The summed E-state index contributed by atoms with van der Waals surface area (Å²) >= 11 is 1.48. The molecule has 1 aromatic heterocycles. The first-order chi connectivity index (χ1) is 13.5. The molecule has 1 atom stereocenters. The van der Waals surface area contributed by atoms with E-state index in [1.165, 1.54) is 24.6 Å². The minimum atomic E-state index is -0.603. The molecular weight excluding hydrogens is 376 g/mol. The van der Waals surface area contributed by atoms with Gasteiger partial charge in [0, 0.05) is 18.2 Å². The number of thioether (sulfide) groups is 1. The van der Waals surface area contributed by atoms with Crippen LogP contribution in [0.3, 0.4) is 0 Å². The lowest BCUT2D eigenvalue weighted by atomic mass is 9.88. The minimum Gasteiger partial charge on any atom is -0.408 e. The lowest BCUT2D eigenvalue weighted by Gasteiger charge is -2.30. The normalized spacial score (nSPS) is 19.4. The van der Waals surface area contributed by atoms with E-state index in [9.17, 15) is 9.59 Å². The van der Waals surface area contributed by atoms with Gasteiger partial charge in [0.2, 0.25) is 11.7 Å².